The third-order valence-electron chi connectivity index (χ3n) is 2.57. The molecule has 0 amide bonds. The molecule has 0 spiro atoms. The fourth-order valence-corrected chi connectivity index (χ4v) is 1.48. The van der Waals surface area contributed by atoms with E-state index < -0.39 is 0 Å². The highest BCUT2D eigenvalue weighted by Gasteiger charge is 2.27. The molecule has 0 aromatic heterocycles. The van der Waals surface area contributed by atoms with Gasteiger partial charge in [0.15, 0.2) is 5.78 Å². The lowest BCUT2D eigenvalue weighted by Crippen LogP contribution is -1.95. The van der Waals surface area contributed by atoms with Gasteiger partial charge in [-0.1, -0.05) is 30.3 Å². The Morgan fingerprint density at radius 1 is 1.29 bits per heavy atom. The molecule has 1 aliphatic carbocycles. The average Bonchev–Trinajstić information content (AvgIpc) is 3.02. The average molecular weight is 186 g/mol. The van der Waals surface area contributed by atoms with Gasteiger partial charge in [-0.2, -0.15) is 0 Å². The topological polar surface area (TPSA) is 17.1 Å². The van der Waals surface area contributed by atoms with Crippen LogP contribution in [0.1, 0.15) is 25.3 Å². The van der Waals surface area contributed by atoms with Gasteiger partial charge >= 0.3 is 0 Å². The number of hydrogen-bond acceptors (Lipinski definition) is 1. The summed E-state index contributed by atoms with van der Waals surface area (Å²) in [4.78, 5) is 11.5. The maximum absolute atomic E-state index is 11.5. The molecule has 0 N–H and O–H groups in total. The molecule has 14 heavy (non-hydrogen) atoms. The maximum Gasteiger partial charge on any atom is 0.159 e. The Kier molecular flexibility index (Phi) is 2.49. The van der Waals surface area contributed by atoms with Crippen molar-refractivity contribution in [2.75, 3.05) is 0 Å². The molecule has 72 valence electrons. The highest BCUT2D eigenvalue weighted by Crippen LogP contribution is 2.31. The van der Waals surface area contributed by atoms with Gasteiger partial charge in [0.25, 0.3) is 0 Å². The monoisotopic (exact) mass is 186 g/mol. The Morgan fingerprint density at radius 3 is 2.50 bits per heavy atom. The summed E-state index contributed by atoms with van der Waals surface area (Å²) >= 11 is 0. The van der Waals surface area contributed by atoms with E-state index in [0.29, 0.717) is 11.7 Å². The molecular weight excluding hydrogens is 172 g/mol. The molecule has 0 atom stereocenters. The first kappa shape index (κ1) is 9.20. The van der Waals surface area contributed by atoms with Crippen LogP contribution in [-0.4, -0.2) is 5.78 Å². The second-order valence-electron chi connectivity index (χ2n) is 3.87. The lowest BCUT2D eigenvalue weighted by Gasteiger charge is -1.99. The molecule has 1 aromatic rings. The van der Waals surface area contributed by atoms with Crippen molar-refractivity contribution in [2.45, 2.75) is 19.8 Å². The number of ketones is 1. The van der Waals surface area contributed by atoms with Crippen LogP contribution in [0.25, 0.3) is 5.57 Å². The van der Waals surface area contributed by atoms with Crippen LogP contribution in [0.3, 0.4) is 0 Å². The fraction of sp³-hybridized carbons (Fsp3) is 0.308. The third kappa shape index (κ3) is 2.11. The second kappa shape index (κ2) is 3.79. The molecule has 1 saturated carbocycles. The van der Waals surface area contributed by atoms with E-state index in [4.69, 9.17) is 0 Å². The van der Waals surface area contributed by atoms with Crippen molar-refractivity contribution >= 4 is 11.4 Å². The SMILES string of the molecule is CC(=CC(=O)C1CC1)c1ccccc1. The molecule has 0 saturated heterocycles. The molecule has 1 fully saturated rings. The highest BCUT2D eigenvalue weighted by atomic mass is 16.1. The van der Waals surface area contributed by atoms with Gasteiger partial charge in [0, 0.05) is 5.92 Å². The third-order valence-corrected chi connectivity index (χ3v) is 2.57. The van der Waals surface area contributed by atoms with E-state index in [9.17, 15) is 4.79 Å². The molecule has 1 aliphatic rings. The van der Waals surface area contributed by atoms with Crippen LogP contribution in [0.5, 0.6) is 0 Å². The van der Waals surface area contributed by atoms with Crippen molar-refractivity contribution in [3.05, 3.63) is 42.0 Å². The van der Waals surface area contributed by atoms with Crippen LogP contribution >= 0.6 is 0 Å². The smallest absolute Gasteiger partial charge is 0.159 e. The van der Waals surface area contributed by atoms with Crippen molar-refractivity contribution in [1.29, 1.82) is 0 Å². The summed E-state index contributed by atoms with van der Waals surface area (Å²) in [6, 6.07) is 10.0. The molecule has 1 aromatic carbocycles. The first-order valence-electron chi connectivity index (χ1n) is 5.05. The maximum atomic E-state index is 11.5. The van der Waals surface area contributed by atoms with Gasteiger partial charge in [0.05, 0.1) is 0 Å². The lowest BCUT2D eigenvalue weighted by molar-refractivity contribution is -0.115. The van der Waals surface area contributed by atoms with Crippen LogP contribution in [0.2, 0.25) is 0 Å². The zero-order valence-electron chi connectivity index (χ0n) is 8.36. The summed E-state index contributed by atoms with van der Waals surface area (Å²) < 4.78 is 0. The predicted octanol–water partition coefficient (Wildman–Crippen LogP) is 3.07. The van der Waals surface area contributed by atoms with Crippen LogP contribution < -0.4 is 0 Å². The molecule has 0 radical (unpaired) electrons. The number of rotatable bonds is 3. The fourth-order valence-electron chi connectivity index (χ4n) is 1.48. The van der Waals surface area contributed by atoms with Gasteiger partial charge in [-0.3, -0.25) is 4.79 Å². The first-order valence-corrected chi connectivity index (χ1v) is 5.05. The highest BCUT2D eigenvalue weighted by molar-refractivity contribution is 5.99. The minimum atomic E-state index is 0.298. The Labute approximate surface area is 84.5 Å². The molecule has 0 aliphatic heterocycles. The van der Waals surface area contributed by atoms with Crippen LogP contribution in [0.15, 0.2) is 36.4 Å². The van der Waals surface area contributed by atoms with Gasteiger partial charge in [-0.05, 0) is 37.0 Å². The van der Waals surface area contributed by atoms with E-state index in [-0.39, 0.29) is 0 Å². The van der Waals surface area contributed by atoms with E-state index in [2.05, 4.69) is 0 Å². The standard InChI is InChI=1S/C13H14O/c1-10(9-13(14)12-7-8-12)11-5-3-2-4-6-11/h2-6,9,12H,7-8H2,1H3. The molecule has 0 unspecified atom stereocenters. The second-order valence-corrected chi connectivity index (χ2v) is 3.87. The quantitative estimate of drug-likeness (QED) is 0.663. The summed E-state index contributed by atoms with van der Waals surface area (Å²) in [6.45, 7) is 2.00. The number of allylic oxidation sites excluding steroid dienone is 2. The van der Waals surface area contributed by atoms with Gasteiger partial charge in [0.2, 0.25) is 0 Å². The molecule has 1 heteroatoms. The van der Waals surface area contributed by atoms with Crippen molar-refractivity contribution < 1.29 is 4.79 Å². The predicted molar refractivity (Wildman–Crippen MR) is 57.8 cm³/mol. The minimum absolute atomic E-state index is 0.298. The summed E-state index contributed by atoms with van der Waals surface area (Å²) in [6.07, 6.45) is 3.95. The summed E-state index contributed by atoms with van der Waals surface area (Å²) in [5.41, 5.74) is 2.21. The summed E-state index contributed by atoms with van der Waals surface area (Å²) in [5.74, 6) is 0.625. The first-order chi connectivity index (χ1) is 6.77. The Bertz CT molecular complexity index is 358. The van der Waals surface area contributed by atoms with E-state index in [0.717, 1.165) is 24.0 Å². The Hall–Kier alpha value is -1.37. The molecule has 1 nitrogen and oxygen atoms in total. The van der Waals surface area contributed by atoms with Crippen LogP contribution in [-0.2, 0) is 4.79 Å². The lowest BCUT2D eigenvalue weighted by atomic mass is 10.1. The number of benzene rings is 1. The van der Waals surface area contributed by atoms with E-state index >= 15 is 0 Å². The summed E-state index contributed by atoms with van der Waals surface area (Å²) in [5, 5.41) is 0. The number of hydrogen-bond donors (Lipinski definition) is 0. The van der Waals surface area contributed by atoms with E-state index in [1.807, 2.05) is 37.3 Å². The van der Waals surface area contributed by atoms with Crippen molar-refractivity contribution in [3.63, 3.8) is 0 Å². The number of carbonyl (C=O) groups is 1. The van der Waals surface area contributed by atoms with Crippen LogP contribution in [0.4, 0.5) is 0 Å². The molecular formula is C13H14O. The largest absolute Gasteiger partial charge is 0.295 e. The van der Waals surface area contributed by atoms with Crippen molar-refractivity contribution in [1.82, 2.24) is 0 Å². The minimum Gasteiger partial charge on any atom is -0.295 e. The van der Waals surface area contributed by atoms with Crippen molar-refractivity contribution in [2.24, 2.45) is 5.92 Å². The van der Waals surface area contributed by atoms with Gasteiger partial charge in [0.1, 0.15) is 0 Å². The Morgan fingerprint density at radius 2 is 1.93 bits per heavy atom. The number of carbonyl (C=O) groups excluding carboxylic acids is 1. The molecule has 0 heterocycles. The van der Waals surface area contributed by atoms with Gasteiger partial charge in [-0.15, -0.1) is 0 Å². The molecule has 2 rings (SSSR count). The normalized spacial score (nSPS) is 16.8. The zero-order chi connectivity index (χ0) is 9.97. The van der Waals surface area contributed by atoms with Crippen LogP contribution in [0, 0.1) is 5.92 Å². The summed E-state index contributed by atoms with van der Waals surface area (Å²) in [7, 11) is 0. The van der Waals surface area contributed by atoms with Gasteiger partial charge < -0.3 is 0 Å². The van der Waals surface area contributed by atoms with Gasteiger partial charge in [-0.25, -0.2) is 0 Å². The van der Waals surface area contributed by atoms with E-state index in [1.54, 1.807) is 6.08 Å². The van der Waals surface area contributed by atoms with E-state index in [1.165, 1.54) is 0 Å². The molecule has 0 bridgehead atoms. The van der Waals surface area contributed by atoms with Crippen molar-refractivity contribution in [3.8, 4) is 0 Å². The zero-order valence-corrected chi connectivity index (χ0v) is 8.36. The Balaban J connectivity index is 2.14.